The van der Waals surface area contributed by atoms with Crippen molar-refractivity contribution in [3.8, 4) is 0 Å². The van der Waals surface area contributed by atoms with Gasteiger partial charge in [0, 0.05) is 18.1 Å². The number of sulfonamides is 1. The number of aryl methyl sites for hydroxylation is 1. The summed E-state index contributed by atoms with van der Waals surface area (Å²) >= 11 is 6.30. The van der Waals surface area contributed by atoms with Crippen LogP contribution in [0.25, 0.3) is 0 Å². The summed E-state index contributed by atoms with van der Waals surface area (Å²) in [7, 11) is -3.98. The van der Waals surface area contributed by atoms with Gasteiger partial charge >= 0.3 is 0 Å². The first-order valence-corrected chi connectivity index (χ1v) is 12.3. The molecule has 0 spiro atoms. The maximum absolute atomic E-state index is 13.6. The van der Waals surface area contributed by atoms with E-state index in [1.54, 1.807) is 54.3 Å². The zero-order chi connectivity index (χ0) is 22.9. The fourth-order valence-corrected chi connectivity index (χ4v) is 5.58. The maximum atomic E-state index is 13.6. The van der Waals surface area contributed by atoms with E-state index in [2.05, 4.69) is 6.07 Å². The molecule has 166 valence electrons. The van der Waals surface area contributed by atoms with Crippen molar-refractivity contribution in [1.82, 2.24) is 4.90 Å². The molecule has 3 aromatic rings. The fraction of sp³-hybridized carbons (Fsp3) is 0.240. The van der Waals surface area contributed by atoms with E-state index in [0.29, 0.717) is 29.4 Å². The van der Waals surface area contributed by atoms with Gasteiger partial charge in [0.15, 0.2) is 0 Å². The van der Waals surface area contributed by atoms with E-state index in [1.165, 1.54) is 9.87 Å². The molecule has 0 atom stereocenters. The highest BCUT2D eigenvalue weighted by molar-refractivity contribution is 7.92. The number of amides is 1. The van der Waals surface area contributed by atoms with Crippen LogP contribution in [0.1, 0.15) is 22.3 Å². The Kier molecular flexibility index (Phi) is 6.26. The zero-order valence-electron chi connectivity index (χ0n) is 18.1. The number of benzene rings is 3. The van der Waals surface area contributed by atoms with Crippen LogP contribution in [0.2, 0.25) is 5.02 Å². The lowest BCUT2D eigenvalue weighted by atomic mass is 10.00. The van der Waals surface area contributed by atoms with Gasteiger partial charge in [-0.05, 0) is 61.2 Å². The average molecular weight is 469 g/mol. The van der Waals surface area contributed by atoms with Crippen LogP contribution in [0.3, 0.4) is 0 Å². The number of nitrogens with zero attached hydrogens (tertiary/aromatic N) is 2. The first-order valence-electron chi connectivity index (χ1n) is 10.5. The van der Waals surface area contributed by atoms with Gasteiger partial charge in [-0.15, -0.1) is 0 Å². The molecule has 0 saturated carbocycles. The standard InChI is InChI=1S/C25H25ClN2O3S/c1-18-10-12-22(13-11-18)32(30,31)28(24-9-5-8-23(26)19(24)2)17-25(29)27-15-14-20-6-3-4-7-21(20)16-27/h3-13H,14-17H2,1-2H3. The Morgan fingerprint density at radius 1 is 0.969 bits per heavy atom. The summed E-state index contributed by atoms with van der Waals surface area (Å²) in [6.45, 7) is 4.40. The third-order valence-electron chi connectivity index (χ3n) is 5.88. The van der Waals surface area contributed by atoms with Crippen LogP contribution >= 0.6 is 11.6 Å². The first kappa shape index (κ1) is 22.4. The van der Waals surface area contributed by atoms with Crippen molar-refractivity contribution in [3.05, 3.63) is 94.0 Å². The SMILES string of the molecule is Cc1ccc(S(=O)(=O)N(CC(=O)N2CCc3ccccc3C2)c2cccc(Cl)c2C)cc1. The summed E-state index contributed by atoms with van der Waals surface area (Å²) in [5.41, 5.74) is 4.30. The largest absolute Gasteiger partial charge is 0.336 e. The van der Waals surface area contributed by atoms with Gasteiger partial charge in [0.1, 0.15) is 6.54 Å². The molecule has 0 unspecified atom stereocenters. The zero-order valence-corrected chi connectivity index (χ0v) is 19.7. The minimum atomic E-state index is -3.98. The van der Waals surface area contributed by atoms with Gasteiger partial charge in [-0.3, -0.25) is 9.10 Å². The van der Waals surface area contributed by atoms with E-state index >= 15 is 0 Å². The summed E-state index contributed by atoms with van der Waals surface area (Å²) < 4.78 is 28.5. The molecule has 32 heavy (non-hydrogen) atoms. The third kappa shape index (κ3) is 4.38. The quantitative estimate of drug-likeness (QED) is 0.543. The summed E-state index contributed by atoms with van der Waals surface area (Å²) in [6.07, 6.45) is 0.753. The smallest absolute Gasteiger partial charge is 0.264 e. The number of anilines is 1. The van der Waals surface area contributed by atoms with E-state index in [-0.39, 0.29) is 17.3 Å². The van der Waals surface area contributed by atoms with Crippen molar-refractivity contribution in [1.29, 1.82) is 0 Å². The molecule has 0 N–H and O–H groups in total. The van der Waals surface area contributed by atoms with Crippen molar-refractivity contribution < 1.29 is 13.2 Å². The van der Waals surface area contributed by atoms with Gasteiger partial charge in [0.2, 0.25) is 5.91 Å². The normalized spacial score (nSPS) is 13.5. The number of halogens is 1. The van der Waals surface area contributed by atoms with Gasteiger partial charge in [0.25, 0.3) is 10.0 Å². The highest BCUT2D eigenvalue weighted by Crippen LogP contribution is 2.31. The van der Waals surface area contributed by atoms with E-state index < -0.39 is 10.0 Å². The lowest BCUT2D eigenvalue weighted by Crippen LogP contribution is -2.45. The van der Waals surface area contributed by atoms with Crippen LogP contribution in [0, 0.1) is 13.8 Å². The molecular formula is C25H25ClN2O3S. The molecule has 0 aromatic heterocycles. The van der Waals surface area contributed by atoms with Crippen molar-refractivity contribution >= 4 is 33.2 Å². The van der Waals surface area contributed by atoms with Crippen molar-refractivity contribution in [2.24, 2.45) is 0 Å². The van der Waals surface area contributed by atoms with Gasteiger partial charge in [-0.1, -0.05) is 59.6 Å². The molecule has 5 nitrogen and oxygen atoms in total. The molecular weight excluding hydrogens is 444 g/mol. The van der Waals surface area contributed by atoms with Crippen LogP contribution in [0.15, 0.2) is 71.6 Å². The highest BCUT2D eigenvalue weighted by Gasteiger charge is 2.31. The molecule has 0 bridgehead atoms. The Morgan fingerprint density at radius 3 is 2.38 bits per heavy atom. The topological polar surface area (TPSA) is 57.7 Å². The molecule has 0 saturated heterocycles. The van der Waals surface area contributed by atoms with Gasteiger partial charge in [-0.2, -0.15) is 0 Å². The maximum Gasteiger partial charge on any atom is 0.264 e. The summed E-state index contributed by atoms with van der Waals surface area (Å²) in [5, 5.41) is 0.450. The Hall–Kier alpha value is -2.83. The Balaban J connectivity index is 1.69. The molecule has 1 aliphatic heterocycles. The number of fused-ring (bicyclic) bond motifs is 1. The summed E-state index contributed by atoms with van der Waals surface area (Å²) in [6, 6.07) is 19.8. The van der Waals surface area contributed by atoms with Gasteiger partial charge < -0.3 is 4.90 Å². The number of rotatable bonds is 5. The highest BCUT2D eigenvalue weighted by atomic mass is 35.5. The van der Waals surface area contributed by atoms with Crippen molar-refractivity contribution in [2.75, 3.05) is 17.4 Å². The molecule has 0 aliphatic carbocycles. The number of carbonyl (C=O) groups excluding carboxylic acids is 1. The predicted octanol–water partition coefficient (Wildman–Crippen LogP) is 4.74. The monoisotopic (exact) mass is 468 g/mol. The molecule has 0 radical (unpaired) electrons. The van der Waals surface area contributed by atoms with Crippen LogP contribution in [0.4, 0.5) is 5.69 Å². The molecule has 1 heterocycles. The first-order chi connectivity index (χ1) is 15.3. The lowest BCUT2D eigenvalue weighted by Gasteiger charge is -2.32. The van der Waals surface area contributed by atoms with Gasteiger partial charge in [0.05, 0.1) is 10.6 Å². The molecule has 4 rings (SSSR count). The van der Waals surface area contributed by atoms with E-state index in [4.69, 9.17) is 11.6 Å². The summed E-state index contributed by atoms with van der Waals surface area (Å²) in [5.74, 6) is -0.241. The van der Waals surface area contributed by atoms with Crippen LogP contribution in [-0.4, -0.2) is 32.3 Å². The van der Waals surface area contributed by atoms with E-state index in [9.17, 15) is 13.2 Å². The van der Waals surface area contributed by atoms with Crippen LogP contribution < -0.4 is 4.31 Å². The molecule has 0 fully saturated rings. The van der Waals surface area contributed by atoms with Crippen LogP contribution in [-0.2, 0) is 27.8 Å². The van der Waals surface area contributed by atoms with Crippen molar-refractivity contribution in [3.63, 3.8) is 0 Å². The lowest BCUT2D eigenvalue weighted by molar-refractivity contribution is -0.130. The Labute approximate surface area is 194 Å². The van der Waals surface area contributed by atoms with E-state index in [1.807, 2.05) is 25.1 Å². The average Bonchev–Trinajstić information content (AvgIpc) is 2.79. The second kappa shape index (κ2) is 8.96. The number of carbonyl (C=O) groups is 1. The molecule has 7 heteroatoms. The fourth-order valence-electron chi connectivity index (χ4n) is 3.93. The van der Waals surface area contributed by atoms with Crippen molar-refractivity contribution in [2.45, 2.75) is 31.7 Å². The minimum Gasteiger partial charge on any atom is -0.336 e. The van der Waals surface area contributed by atoms with E-state index in [0.717, 1.165) is 17.5 Å². The Bertz CT molecular complexity index is 1260. The third-order valence-corrected chi connectivity index (χ3v) is 8.06. The van der Waals surface area contributed by atoms with Crippen LogP contribution in [0.5, 0.6) is 0 Å². The Morgan fingerprint density at radius 2 is 1.66 bits per heavy atom. The second-order valence-electron chi connectivity index (χ2n) is 8.04. The molecule has 1 aliphatic rings. The molecule has 3 aromatic carbocycles. The summed E-state index contributed by atoms with van der Waals surface area (Å²) in [4.78, 5) is 15.2. The van der Waals surface area contributed by atoms with Gasteiger partial charge in [-0.25, -0.2) is 8.42 Å². The number of hydrogen-bond acceptors (Lipinski definition) is 3. The minimum absolute atomic E-state index is 0.138. The molecule has 1 amide bonds. The predicted molar refractivity (Wildman–Crippen MR) is 127 cm³/mol. The second-order valence-corrected chi connectivity index (χ2v) is 10.3. The number of hydrogen-bond donors (Lipinski definition) is 0.